The summed E-state index contributed by atoms with van der Waals surface area (Å²) in [5, 5.41) is 4.93. The van der Waals surface area contributed by atoms with Crippen LogP contribution in [0.15, 0.2) is 176 Å². The molecule has 0 fully saturated rings. The number of aromatic nitrogens is 2. The van der Waals surface area contributed by atoms with Gasteiger partial charge < -0.3 is 0 Å². The third-order valence-electron chi connectivity index (χ3n) is 9.46. The van der Waals surface area contributed by atoms with Crippen LogP contribution in [0.2, 0.25) is 0 Å². The molecule has 2 heteroatoms. The lowest BCUT2D eigenvalue weighted by atomic mass is 9.85. The van der Waals surface area contributed by atoms with Crippen LogP contribution >= 0.6 is 0 Å². The van der Waals surface area contributed by atoms with Crippen molar-refractivity contribution in [3.8, 4) is 50.5 Å². The maximum atomic E-state index is 5.28. The topological polar surface area (TPSA) is 17.8 Å². The summed E-state index contributed by atoms with van der Waals surface area (Å²) in [4.78, 5) is 5.28. The van der Waals surface area contributed by atoms with Gasteiger partial charge in [0.1, 0.15) is 5.82 Å². The van der Waals surface area contributed by atoms with Gasteiger partial charge in [-0.15, -0.1) is 0 Å². The molecule has 226 valence electrons. The van der Waals surface area contributed by atoms with Crippen molar-refractivity contribution in [2.75, 3.05) is 0 Å². The van der Waals surface area contributed by atoms with Crippen molar-refractivity contribution in [3.05, 3.63) is 187 Å². The fourth-order valence-corrected chi connectivity index (χ4v) is 7.26. The Morgan fingerprint density at radius 3 is 1.67 bits per heavy atom. The third kappa shape index (κ3) is 4.78. The second-order valence-electron chi connectivity index (χ2n) is 12.3. The van der Waals surface area contributed by atoms with Crippen LogP contribution in [0, 0.1) is 0 Å². The molecule has 2 nitrogen and oxygen atoms in total. The number of para-hydroxylation sites is 1. The van der Waals surface area contributed by atoms with Crippen LogP contribution in [-0.2, 0) is 6.42 Å². The van der Waals surface area contributed by atoms with Gasteiger partial charge in [0.2, 0.25) is 0 Å². The van der Waals surface area contributed by atoms with E-state index in [-0.39, 0.29) is 0 Å². The van der Waals surface area contributed by atoms with E-state index in [0.29, 0.717) is 0 Å². The van der Waals surface area contributed by atoms with E-state index in [4.69, 9.17) is 4.98 Å². The predicted molar refractivity (Wildman–Crippen MR) is 202 cm³/mol. The first-order valence-electron chi connectivity index (χ1n) is 16.5. The lowest BCUT2D eigenvalue weighted by Crippen LogP contribution is -2.02. The fraction of sp³-hybridized carbons (Fsp3) is 0.0217. The van der Waals surface area contributed by atoms with Crippen LogP contribution in [-0.4, -0.2) is 9.55 Å². The van der Waals surface area contributed by atoms with Gasteiger partial charge in [-0.3, -0.25) is 4.57 Å². The molecular formula is C46H32N2. The minimum Gasteiger partial charge on any atom is -0.296 e. The van der Waals surface area contributed by atoms with Crippen LogP contribution in [0.25, 0.3) is 78.1 Å². The monoisotopic (exact) mass is 612 g/mol. The van der Waals surface area contributed by atoms with E-state index in [0.717, 1.165) is 29.2 Å². The summed E-state index contributed by atoms with van der Waals surface area (Å²) in [5.41, 5.74) is 11.8. The molecule has 0 aliphatic heterocycles. The molecule has 0 N–H and O–H groups in total. The molecule has 1 heterocycles. The van der Waals surface area contributed by atoms with Gasteiger partial charge in [0, 0.05) is 17.7 Å². The first-order valence-corrected chi connectivity index (χ1v) is 16.5. The van der Waals surface area contributed by atoms with Crippen molar-refractivity contribution in [3.63, 3.8) is 0 Å². The highest BCUT2D eigenvalue weighted by Gasteiger charge is 2.21. The van der Waals surface area contributed by atoms with Crippen molar-refractivity contribution >= 4 is 27.6 Å². The molecular weight excluding hydrogens is 581 g/mol. The summed E-state index contributed by atoms with van der Waals surface area (Å²) in [7, 11) is 0. The summed E-state index contributed by atoms with van der Waals surface area (Å²) in [6.07, 6.45) is 9.36. The number of imidazole rings is 1. The molecule has 0 unspecified atom stereocenters. The normalized spacial score (nSPS) is 12.3. The molecule has 0 spiro atoms. The van der Waals surface area contributed by atoms with E-state index in [9.17, 15) is 0 Å². The Morgan fingerprint density at radius 2 is 0.958 bits per heavy atom. The van der Waals surface area contributed by atoms with Crippen LogP contribution in [0.3, 0.4) is 0 Å². The van der Waals surface area contributed by atoms with Gasteiger partial charge in [0.05, 0.1) is 11.4 Å². The molecule has 0 amide bonds. The molecule has 1 aliphatic rings. The quantitative estimate of drug-likeness (QED) is 0.177. The Balaban J connectivity index is 1.33. The Kier molecular flexibility index (Phi) is 6.91. The maximum Gasteiger partial charge on any atom is 0.145 e. The molecule has 9 rings (SSSR count). The summed E-state index contributed by atoms with van der Waals surface area (Å²) < 4.78 is 2.34. The van der Waals surface area contributed by atoms with Gasteiger partial charge in [-0.25, -0.2) is 4.98 Å². The Bertz CT molecular complexity index is 2490. The van der Waals surface area contributed by atoms with Crippen LogP contribution in [0.1, 0.15) is 11.4 Å². The van der Waals surface area contributed by atoms with Crippen LogP contribution < -0.4 is 0 Å². The maximum absolute atomic E-state index is 5.28. The lowest BCUT2D eigenvalue weighted by molar-refractivity contribution is 0.976. The number of hydrogen-bond acceptors (Lipinski definition) is 1. The minimum atomic E-state index is 0.820. The van der Waals surface area contributed by atoms with E-state index in [1.54, 1.807) is 0 Å². The highest BCUT2D eigenvalue weighted by Crippen LogP contribution is 2.45. The highest BCUT2D eigenvalue weighted by atomic mass is 15.1. The van der Waals surface area contributed by atoms with Gasteiger partial charge in [-0.1, -0.05) is 158 Å². The molecule has 1 aromatic heterocycles. The molecule has 0 atom stereocenters. The molecule has 0 bridgehead atoms. The number of rotatable bonds is 5. The Hall–Kier alpha value is -6.25. The minimum absolute atomic E-state index is 0.820. The summed E-state index contributed by atoms with van der Waals surface area (Å²) >= 11 is 0. The average molecular weight is 613 g/mol. The molecule has 1 aliphatic carbocycles. The fourth-order valence-electron chi connectivity index (χ4n) is 7.26. The lowest BCUT2D eigenvalue weighted by Gasteiger charge is -2.19. The molecule has 0 saturated carbocycles. The third-order valence-corrected chi connectivity index (χ3v) is 9.46. The first kappa shape index (κ1) is 28.0. The summed E-state index contributed by atoms with van der Waals surface area (Å²) in [6.45, 7) is 0. The van der Waals surface area contributed by atoms with Gasteiger partial charge in [-0.2, -0.15) is 0 Å². The smallest absolute Gasteiger partial charge is 0.145 e. The van der Waals surface area contributed by atoms with E-state index in [1.807, 2.05) is 0 Å². The zero-order chi connectivity index (χ0) is 31.9. The van der Waals surface area contributed by atoms with Crippen molar-refractivity contribution in [2.45, 2.75) is 6.42 Å². The SMILES string of the molecule is C1=CCc2c(nc(-c3ccc4c(-c5ccc(-c6ccccc6)cc5)c5ccccc5c(-c5ccccc5)c4c3)n2-c2ccccc2)C=C1. The highest BCUT2D eigenvalue weighted by molar-refractivity contribution is 6.22. The van der Waals surface area contributed by atoms with Gasteiger partial charge in [0.25, 0.3) is 0 Å². The van der Waals surface area contributed by atoms with Gasteiger partial charge in [0.15, 0.2) is 0 Å². The molecule has 48 heavy (non-hydrogen) atoms. The van der Waals surface area contributed by atoms with Crippen molar-refractivity contribution in [2.24, 2.45) is 0 Å². The zero-order valence-corrected chi connectivity index (χ0v) is 26.4. The van der Waals surface area contributed by atoms with Gasteiger partial charge in [-0.05, 0) is 79.2 Å². The Morgan fingerprint density at radius 1 is 0.438 bits per heavy atom. The first-order chi connectivity index (χ1) is 23.8. The molecule has 0 radical (unpaired) electrons. The predicted octanol–water partition coefficient (Wildman–Crippen LogP) is 12.0. The summed E-state index contributed by atoms with van der Waals surface area (Å²) in [5.74, 6) is 0.953. The van der Waals surface area contributed by atoms with E-state index in [1.165, 1.54) is 60.6 Å². The van der Waals surface area contributed by atoms with Crippen LogP contribution in [0.4, 0.5) is 0 Å². The van der Waals surface area contributed by atoms with Crippen LogP contribution in [0.5, 0.6) is 0 Å². The van der Waals surface area contributed by atoms with E-state index < -0.39 is 0 Å². The zero-order valence-electron chi connectivity index (χ0n) is 26.4. The van der Waals surface area contributed by atoms with Gasteiger partial charge >= 0.3 is 0 Å². The van der Waals surface area contributed by atoms with Crippen molar-refractivity contribution < 1.29 is 0 Å². The number of allylic oxidation sites excluding steroid dienone is 3. The van der Waals surface area contributed by atoms with E-state index in [2.05, 4.69) is 187 Å². The van der Waals surface area contributed by atoms with E-state index >= 15 is 0 Å². The van der Waals surface area contributed by atoms with Crippen molar-refractivity contribution in [1.82, 2.24) is 9.55 Å². The summed E-state index contributed by atoms with van der Waals surface area (Å²) in [6, 6.07) is 56.9. The Labute approximate surface area is 280 Å². The second kappa shape index (κ2) is 11.8. The largest absolute Gasteiger partial charge is 0.296 e. The number of fused-ring (bicyclic) bond motifs is 3. The number of hydrogen-bond donors (Lipinski definition) is 0. The molecule has 8 aromatic rings. The number of nitrogens with zero attached hydrogens (tertiary/aromatic N) is 2. The van der Waals surface area contributed by atoms with Crippen molar-refractivity contribution in [1.29, 1.82) is 0 Å². The average Bonchev–Trinajstić information content (AvgIpc) is 3.36. The molecule has 0 saturated heterocycles. The number of benzene rings is 7. The standard InChI is InChI=1S/C46H32N2/c1-5-15-32(16-6-1)33-25-27-35(28-26-33)44-38-21-13-14-22-39(38)45(34-17-7-2-8-18-34)41-31-36(29-30-40(41)44)46-47-42-23-11-4-12-24-43(42)48(46)37-19-9-3-10-20-37/h1-23,25-31H,24H2. The second-order valence-corrected chi connectivity index (χ2v) is 12.3. The molecule has 7 aromatic carbocycles.